The van der Waals surface area contributed by atoms with E-state index in [1.165, 1.54) is 6.07 Å². The molecule has 0 atom stereocenters. The van der Waals surface area contributed by atoms with Crippen molar-refractivity contribution in [1.29, 1.82) is 0 Å². The van der Waals surface area contributed by atoms with Gasteiger partial charge in [-0.1, -0.05) is 6.07 Å². The molecule has 13 heavy (non-hydrogen) atoms. The quantitative estimate of drug-likeness (QED) is 0.736. The molecule has 0 unspecified atom stereocenters. The van der Waals surface area contributed by atoms with Crippen LogP contribution >= 0.6 is 0 Å². The van der Waals surface area contributed by atoms with Gasteiger partial charge in [0.2, 0.25) is 0 Å². The third-order valence-electron chi connectivity index (χ3n) is 1.63. The molecule has 0 saturated carbocycles. The van der Waals surface area contributed by atoms with Crippen molar-refractivity contribution in [3.63, 3.8) is 0 Å². The second kappa shape index (κ2) is 4.07. The van der Waals surface area contributed by atoms with Crippen LogP contribution in [0.5, 0.6) is 5.75 Å². The molecule has 0 amide bonds. The SMILES string of the molecule is Cc1ccc(OCC(F)F)cc1N. The van der Waals surface area contributed by atoms with Crippen LogP contribution in [0.2, 0.25) is 0 Å². The maximum atomic E-state index is 11.7. The molecule has 0 spiro atoms. The van der Waals surface area contributed by atoms with E-state index in [0.717, 1.165) is 5.56 Å². The number of hydrogen-bond acceptors (Lipinski definition) is 2. The zero-order chi connectivity index (χ0) is 9.84. The Bertz CT molecular complexity index is 289. The Morgan fingerprint density at radius 3 is 2.69 bits per heavy atom. The Morgan fingerprint density at radius 1 is 1.46 bits per heavy atom. The van der Waals surface area contributed by atoms with Crippen molar-refractivity contribution < 1.29 is 13.5 Å². The van der Waals surface area contributed by atoms with Crippen LogP contribution < -0.4 is 10.5 Å². The van der Waals surface area contributed by atoms with Crippen LogP contribution in [0.25, 0.3) is 0 Å². The number of alkyl halides is 2. The molecule has 2 N–H and O–H groups in total. The minimum Gasteiger partial charge on any atom is -0.488 e. The summed E-state index contributed by atoms with van der Waals surface area (Å²) in [7, 11) is 0. The van der Waals surface area contributed by atoms with E-state index >= 15 is 0 Å². The number of benzene rings is 1. The highest BCUT2D eigenvalue weighted by atomic mass is 19.3. The highest BCUT2D eigenvalue weighted by molar-refractivity contribution is 5.50. The molecule has 0 aliphatic carbocycles. The topological polar surface area (TPSA) is 35.2 Å². The van der Waals surface area contributed by atoms with Gasteiger partial charge >= 0.3 is 0 Å². The van der Waals surface area contributed by atoms with Crippen molar-refractivity contribution in [2.75, 3.05) is 12.3 Å². The molecule has 1 aromatic rings. The summed E-state index contributed by atoms with van der Waals surface area (Å²) in [6.45, 7) is 1.24. The maximum Gasteiger partial charge on any atom is 0.272 e. The van der Waals surface area contributed by atoms with Gasteiger partial charge in [-0.25, -0.2) is 8.78 Å². The van der Waals surface area contributed by atoms with Crippen molar-refractivity contribution in [1.82, 2.24) is 0 Å². The van der Waals surface area contributed by atoms with E-state index in [0.29, 0.717) is 11.4 Å². The van der Waals surface area contributed by atoms with Gasteiger partial charge in [0.15, 0.2) is 0 Å². The molecule has 4 heteroatoms. The molecular formula is C9H11F2NO. The summed E-state index contributed by atoms with van der Waals surface area (Å²) in [4.78, 5) is 0. The van der Waals surface area contributed by atoms with E-state index in [1.54, 1.807) is 12.1 Å². The van der Waals surface area contributed by atoms with Gasteiger partial charge in [0.05, 0.1) is 0 Å². The van der Waals surface area contributed by atoms with Gasteiger partial charge in [-0.3, -0.25) is 0 Å². The molecule has 0 saturated heterocycles. The lowest BCUT2D eigenvalue weighted by molar-refractivity contribution is 0.0819. The van der Waals surface area contributed by atoms with E-state index in [9.17, 15) is 8.78 Å². The van der Waals surface area contributed by atoms with Crippen LogP contribution in [0.15, 0.2) is 18.2 Å². The molecular weight excluding hydrogens is 176 g/mol. The van der Waals surface area contributed by atoms with E-state index < -0.39 is 13.0 Å². The predicted molar refractivity (Wildman–Crippen MR) is 47.1 cm³/mol. The van der Waals surface area contributed by atoms with Crippen LogP contribution in [0.4, 0.5) is 14.5 Å². The van der Waals surface area contributed by atoms with E-state index in [-0.39, 0.29) is 0 Å². The fraction of sp³-hybridized carbons (Fsp3) is 0.333. The fourth-order valence-corrected chi connectivity index (χ4v) is 0.868. The van der Waals surface area contributed by atoms with E-state index in [1.807, 2.05) is 6.92 Å². The lowest BCUT2D eigenvalue weighted by atomic mass is 10.2. The largest absolute Gasteiger partial charge is 0.488 e. The number of nitrogen functional groups attached to an aromatic ring is 1. The Kier molecular flexibility index (Phi) is 3.06. The first-order valence-corrected chi connectivity index (χ1v) is 3.86. The smallest absolute Gasteiger partial charge is 0.272 e. The lowest BCUT2D eigenvalue weighted by Crippen LogP contribution is -2.07. The average molecular weight is 187 g/mol. The average Bonchev–Trinajstić information content (AvgIpc) is 2.07. The fourth-order valence-electron chi connectivity index (χ4n) is 0.868. The van der Waals surface area contributed by atoms with E-state index in [2.05, 4.69) is 0 Å². The number of aryl methyl sites for hydroxylation is 1. The summed E-state index contributed by atoms with van der Waals surface area (Å²) in [5.74, 6) is 0.378. The standard InChI is InChI=1S/C9H11F2NO/c1-6-2-3-7(4-8(6)12)13-5-9(10)11/h2-4,9H,5,12H2,1H3. The number of anilines is 1. The Labute approximate surface area is 75.3 Å². The highest BCUT2D eigenvalue weighted by Crippen LogP contribution is 2.19. The van der Waals surface area contributed by atoms with Gasteiger partial charge in [-0.2, -0.15) is 0 Å². The Morgan fingerprint density at radius 2 is 2.15 bits per heavy atom. The van der Waals surface area contributed by atoms with Gasteiger partial charge in [-0.15, -0.1) is 0 Å². The normalized spacial score (nSPS) is 10.5. The lowest BCUT2D eigenvalue weighted by Gasteiger charge is -2.06. The molecule has 0 bridgehead atoms. The molecule has 1 rings (SSSR count). The Hall–Kier alpha value is -1.32. The maximum absolute atomic E-state index is 11.7. The summed E-state index contributed by atoms with van der Waals surface area (Å²) >= 11 is 0. The van der Waals surface area contributed by atoms with Crippen LogP contribution in [0.3, 0.4) is 0 Å². The van der Waals surface area contributed by atoms with Gasteiger partial charge in [0.25, 0.3) is 6.43 Å². The van der Waals surface area contributed by atoms with Crippen molar-refractivity contribution >= 4 is 5.69 Å². The van der Waals surface area contributed by atoms with Crippen LogP contribution in [-0.2, 0) is 0 Å². The molecule has 0 aliphatic heterocycles. The van der Waals surface area contributed by atoms with Gasteiger partial charge in [0.1, 0.15) is 12.4 Å². The molecule has 0 fully saturated rings. The molecule has 72 valence electrons. The number of halogens is 2. The van der Waals surface area contributed by atoms with Crippen molar-refractivity contribution in [2.24, 2.45) is 0 Å². The van der Waals surface area contributed by atoms with Crippen LogP contribution in [-0.4, -0.2) is 13.0 Å². The first kappa shape index (κ1) is 9.77. The summed E-state index contributed by atoms with van der Waals surface area (Å²) in [6, 6.07) is 4.89. The molecule has 0 radical (unpaired) electrons. The summed E-state index contributed by atoms with van der Waals surface area (Å²) in [5, 5.41) is 0. The van der Waals surface area contributed by atoms with Gasteiger partial charge < -0.3 is 10.5 Å². The first-order chi connectivity index (χ1) is 6.09. The van der Waals surface area contributed by atoms with Gasteiger partial charge in [-0.05, 0) is 18.6 Å². The van der Waals surface area contributed by atoms with Crippen molar-refractivity contribution in [2.45, 2.75) is 13.3 Å². The summed E-state index contributed by atoms with van der Waals surface area (Å²) in [6.07, 6.45) is -2.46. The second-order valence-corrected chi connectivity index (χ2v) is 2.72. The zero-order valence-electron chi connectivity index (χ0n) is 7.26. The highest BCUT2D eigenvalue weighted by Gasteiger charge is 2.03. The predicted octanol–water partition coefficient (Wildman–Crippen LogP) is 2.22. The monoisotopic (exact) mass is 187 g/mol. The van der Waals surface area contributed by atoms with Crippen LogP contribution in [0.1, 0.15) is 5.56 Å². The summed E-state index contributed by atoms with van der Waals surface area (Å²) in [5.41, 5.74) is 7.01. The molecule has 0 heterocycles. The number of rotatable bonds is 3. The number of ether oxygens (including phenoxy) is 1. The van der Waals surface area contributed by atoms with E-state index in [4.69, 9.17) is 10.5 Å². The molecule has 0 aliphatic rings. The molecule has 1 aromatic carbocycles. The van der Waals surface area contributed by atoms with Crippen molar-refractivity contribution in [3.8, 4) is 5.75 Å². The molecule has 2 nitrogen and oxygen atoms in total. The first-order valence-electron chi connectivity index (χ1n) is 3.86. The second-order valence-electron chi connectivity index (χ2n) is 2.72. The van der Waals surface area contributed by atoms with Crippen molar-refractivity contribution in [3.05, 3.63) is 23.8 Å². The minimum absolute atomic E-state index is 0.378. The van der Waals surface area contributed by atoms with Gasteiger partial charge in [0, 0.05) is 11.8 Å². The number of nitrogens with two attached hydrogens (primary N) is 1. The summed E-state index contributed by atoms with van der Waals surface area (Å²) < 4.78 is 28.3. The minimum atomic E-state index is -2.46. The third-order valence-corrected chi connectivity index (χ3v) is 1.63. The molecule has 0 aromatic heterocycles. The zero-order valence-corrected chi connectivity index (χ0v) is 7.26. The third kappa shape index (κ3) is 2.89. The van der Waals surface area contributed by atoms with Crippen LogP contribution in [0, 0.1) is 6.92 Å². The number of hydrogen-bond donors (Lipinski definition) is 1. The Balaban J connectivity index is 2.63.